The SMILES string of the molecule is CN=c1scc(-c2cc(OC)ccc2OC)n1N=Cc1c(O)ccc2ccccc12. The zero-order chi connectivity index (χ0) is 21.1. The summed E-state index contributed by atoms with van der Waals surface area (Å²) in [4.78, 5) is 5.06. The Labute approximate surface area is 178 Å². The van der Waals surface area contributed by atoms with Gasteiger partial charge in [0.25, 0.3) is 0 Å². The summed E-state index contributed by atoms with van der Waals surface area (Å²) in [6, 6.07) is 17.1. The minimum Gasteiger partial charge on any atom is -0.507 e. The molecule has 0 atom stereocenters. The highest BCUT2D eigenvalue weighted by Gasteiger charge is 2.14. The number of phenolic OH excluding ortho intramolecular Hbond substituents is 1. The monoisotopic (exact) mass is 419 g/mol. The van der Waals surface area contributed by atoms with E-state index in [0.29, 0.717) is 21.9 Å². The highest BCUT2D eigenvalue weighted by atomic mass is 32.1. The van der Waals surface area contributed by atoms with E-state index in [-0.39, 0.29) is 5.75 Å². The number of nitrogens with zero attached hydrogens (tertiary/aromatic N) is 3. The number of methoxy groups -OCH3 is 2. The highest BCUT2D eigenvalue weighted by molar-refractivity contribution is 7.07. The average Bonchev–Trinajstić information content (AvgIpc) is 3.20. The summed E-state index contributed by atoms with van der Waals surface area (Å²) in [5, 5.41) is 19.0. The van der Waals surface area contributed by atoms with Crippen molar-refractivity contribution in [2.45, 2.75) is 0 Å². The van der Waals surface area contributed by atoms with Gasteiger partial charge in [-0.05, 0) is 35.0 Å². The van der Waals surface area contributed by atoms with Crippen LogP contribution in [0.3, 0.4) is 0 Å². The van der Waals surface area contributed by atoms with Crippen LogP contribution >= 0.6 is 11.3 Å². The summed E-state index contributed by atoms with van der Waals surface area (Å²) in [7, 11) is 4.98. The zero-order valence-corrected chi connectivity index (χ0v) is 17.7. The van der Waals surface area contributed by atoms with E-state index in [1.54, 1.807) is 38.2 Å². The van der Waals surface area contributed by atoms with Gasteiger partial charge in [-0.2, -0.15) is 5.10 Å². The van der Waals surface area contributed by atoms with Gasteiger partial charge in [0, 0.05) is 23.6 Å². The van der Waals surface area contributed by atoms with Gasteiger partial charge in [0.15, 0.2) is 0 Å². The van der Waals surface area contributed by atoms with Crippen molar-refractivity contribution in [3.63, 3.8) is 0 Å². The number of thiazole rings is 1. The van der Waals surface area contributed by atoms with Crippen molar-refractivity contribution in [3.8, 4) is 28.5 Å². The van der Waals surface area contributed by atoms with E-state index in [1.807, 2.05) is 53.9 Å². The molecule has 0 saturated carbocycles. The molecule has 0 aliphatic carbocycles. The second kappa shape index (κ2) is 8.42. The van der Waals surface area contributed by atoms with E-state index in [2.05, 4.69) is 10.1 Å². The summed E-state index contributed by atoms with van der Waals surface area (Å²) < 4.78 is 12.7. The number of hydrogen-bond donors (Lipinski definition) is 1. The highest BCUT2D eigenvalue weighted by Crippen LogP contribution is 2.34. The minimum absolute atomic E-state index is 0.170. The van der Waals surface area contributed by atoms with Crippen molar-refractivity contribution < 1.29 is 14.6 Å². The predicted octanol–water partition coefficient (Wildman–Crippen LogP) is 4.51. The molecule has 0 unspecified atom stereocenters. The Hall–Kier alpha value is -3.58. The fourth-order valence-electron chi connectivity index (χ4n) is 3.30. The average molecular weight is 420 g/mol. The molecule has 0 fully saturated rings. The molecule has 0 amide bonds. The van der Waals surface area contributed by atoms with Crippen molar-refractivity contribution in [2.24, 2.45) is 10.1 Å². The second-order valence-corrected chi connectivity index (χ2v) is 7.31. The predicted molar refractivity (Wildman–Crippen MR) is 121 cm³/mol. The van der Waals surface area contributed by atoms with Crippen molar-refractivity contribution in [2.75, 3.05) is 21.3 Å². The van der Waals surface area contributed by atoms with Gasteiger partial charge in [-0.25, -0.2) is 4.68 Å². The topological polar surface area (TPSA) is 68.3 Å². The first-order valence-electron chi connectivity index (χ1n) is 9.27. The third-order valence-electron chi connectivity index (χ3n) is 4.81. The summed E-state index contributed by atoms with van der Waals surface area (Å²) in [6.45, 7) is 0. The number of hydrogen-bond acceptors (Lipinski definition) is 6. The number of aromatic nitrogens is 1. The fraction of sp³-hybridized carbons (Fsp3) is 0.130. The summed E-state index contributed by atoms with van der Waals surface area (Å²) in [5.74, 6) is 1.59. The Kier molecular flexibility index (Phi) is 5.54. The Bertz CT molecular complexity index is 1300. The molecule has 4 aromatic rings. The van der Waals surface area contributed by atoms with Crippen LogP contribution in [-0.2, 0) is 0 Å². The van der Waals surface area contributed by atoms with Gasteiger partial charge in [-0.15, -0.1) is 11.3 Å². The molecule has 152 valence electrons. The third-order valence-corrected chi connectivity index (χ3v) is 5.72. The summed E-state index contributed by atoms with van der Waals surface area (Å²) in [5.41, 5.74) is 2.30. The molecule has 0 bridgehead atoms. The smallest absolute Gasteiger partial charge is 0.205 e. The molecule has 0 radical (unpaired) electrons. The van der Waals surface area contributed by atoms with Gasteiger partial charge >= 0.3 is 0 Å². The number of aromatic hydroxyl groups is 1. The normalized spacial score (nSPS) is 12.0. The van der Waals surface area contributed by atoms with Crippen molar-refractivity contribution in [3.05, 3.63) is 70.3 Å². The van der Waals surface area contributed by atoms with Crippen LogP contribution in [-0.4, -0.2) is 37.3 Å². The van der Waals surface area contributed by atoms with Crippen LogP contribution in [0.5, 0.6) is 17.2 Å². The van der Waals surface area contributed by atoms with Crippen molar-refractivity contribution in [1.29, 1.82) is 0 Å². The standard InChI is InChI=1S/C23H21N3O3S/c1-24-23-26(20(14-30-23)18-12-16(28-2)9-11-22(18)29-3)25-13-19-17-7-5-4-6-15(17)8-10-21(19)27/h4-14,27H,1-3H3. The Balaban J connectivity index is 1.89. The van der Waals surface area contributed by atoms with Gasteiger partial charge in [0.2, 0.25) is 4.80 Å². The maximum Gasteiger partial charge on any atom is 0.205 e. The molecule has 0 aliphatic rings. The quantitative estimate of drug-likeness (QED) is 0.484. The van der Waals surface area contributed by atoms with Crippen molar-refractivity contribution >= 4 is 28.3 Å². The molecule has 0 spiro atoms. The van der Waals surface area contributed by atoms with Gasteiger partial charge in [-0.3, -0.25) is 4.99 Å². The first-order valence-corrected chi connectivity index (χ1v) is 10.1. The van der Waals surface area contributed by atoms with Crippen LogP contribution in [0.2, 0.25) is 0 Å². The number of benzene rings is 3. The van der Waals surface area contributed by atoms with Crippen LogP contribution in [0.15, 0.2) is 70.1 Å². The van der Waals surface area contributed by atoms with Gasteiger partial charge < -0.3 is 14.6 Å². The van der Waals surface area contributed by atoms with Gasteiger partial charge in [-0.1, -0.05) is 30.3 Å². The Morgan fingerprint density at radius 3 is 2.63 bits per heavy atom. The molecule has 3 aromatic carbocycles. The maximum atomic E-state index is 10.4. The molecule has 30 heavy (non-hydrogen) atoms. The van der Waals surface area contributed by atoms with E-state index < -0.39 is 0 Å². The third kappa shape index (κ3) is 3.55. The van der Waals surface area contributed by atoms with Crippen LogP contribution in [0, 0.1) is 0 Å². The number of rotatable bonds is 5. The first-order chi connectivity index (χ1) is 14.7. The molecular weight excluding hydrogens is 398 g/mol. The maximum absolute atomic E-state index is 10.4. The molecule has 0 saturated heterocycles. The van der Waals surface area contributed by atoms with Crippen LogP contribution in [0.25, 0.3) is 22.0 Å². The van der Waals surface area contributed by atoms with Gasteiger partial charge in [0.05, 0.1) is 26.1 Å². The van der Waals surface area contributed by atoms with E-state index in [9.17, 15) is 5.11 Å². The Morgan fingerprint density at radius 1 is 1.03 bits per heavy atom. The molecule has 1 heterocycles. The van der Waals surface area contributed by atoms with Crippen LogP contribution in [0.4, 0.5) is 0 Å². The molecule has 4 rings (SSSR count). The van der Waals surface area contributed by atoms with E-state index in [0.717, 1.165) is 22.0 Å². The number of phenols is 1. The lowest BCUT2D eigenvalue weighted by molar-refractivity contribution is 0.404. The van der Waals surface area contributed by atoms with Gasteiger partial charge in [0.1, 0.15) is 17.2 Å². The Morgan fingerprint density at radius 2 is 1.87 bits per heavy atom. The van der Waals surface area contributed by atoms with Crippen molar-refractivity contribution in [1.82, 2.24) is 4.68 Å². The number of fused-ring (bicyclic) bond motifs is 1. The molecule has 6 nitrogen and oxygen atoms in total. The summed E-state index contributed by atoms with van der Waals surface area (Å²) in [6.07, 6.45) is 1.66. The lowest BCUT2D eigenvalue weighted by Crippen LogP contribution is -2.12. The molecule has 1 aromatic heterocycles. The van der Waals surface area contributed by atoms with E-state index >= 15 is 0 Å². The molecule has 7 heteroatoms. The lowest BCUT2D eigenvalue weighted by Gasteiger charge is -2.11. The number of ether oxygens (including phenoxy) is 2. The molecule has 1 N–H and O–H groups in total. The summed E-state index contributed by atoms with van der Waals surface area (Å²) >= 11 is 1.47. The van der Waals surface area contributed by atoms with E-state index in [4.69, 9.17) is 9.47 Å². The lowest BCUT2D eigenvalue weighted by atomic mass is 10.0. The largest absolute Gasteiger partial charge is 0.507 e. The zero-order valence-electron chi connectivity index (χ0n) is 16.9. The minimum atomic E-state index is 0.170. The fourth-order valence-corrected chi connectivity index (χ4v) is 4.09. The second-order valence-electron chi connectivity index (χ2n) is 6.47. The molecular formula is C23H21N3O3S. The van der Waals surface area contributed by atoms with Crippen LogP contribution < -0.4 is 14.3 Å². The molecule has 0 aliphatic heterocycles. The van der Waals surface area contributed by atoms with E-state index in [1.165, 1.54) is 11.3 Å². The van der Waals surface area contributed by atoms with Crippen LogP contribution in [0.1, 0.15) is 5.56 Å². The first kappa shape index (κ1) is 19.7.